The summed E-state index contributed by atoms with van der Waals surface area (Å²) in [5.41, 5.74) is 9.62. The van der Waals surface area contributed by atoms with Gasteiger partial charge in [-0.25, -0.2) is 15.0 Å². The van der Waals surface area contributed by atoms with Crippen LogP contribution in [0.1, 0.15) is 11.1 Å². The molecule has 0 bridgehead atoms. The number of aromatic nitrogens is 3. The molecule has 0 atom stereocenters. The van der Waals surface area contributed by atoms with Crippen molar-refractivity contribution in [3.63, 3.8) is 0 Å². The standard InChI is InChI=1S/C47H30F3N3/c1-29-25-33(27-34(26-29)47(48,49)50)35-21-11-12-22-36(35)45-42-41(37-23-13-14-24-39(37)51-45)38(30-15-5-2-6-16-30)28-40-46(42)53-44(32-19-9-4-10-20-32)43(52-40)31-17-7-3-8-18-31/h2-28H,1H3. The number of benzene rings is 7. The van der Waals surface area contributed by atoms with Gasteiger partial charge in [0.1, 0.15) is 0 Å². The lowest BCUT2D eigenvalue weighted by molar-refractivity contribution is -0.137. The van der Waals surface area contributed by atoms with Crippen molar-refractivity contribution in [3.05, 3.63) is 175 Å². The van der Waals surface area contributed by atoms with Crippen molar-refractivity contribution in [1.29, 1.82) is 0 Å². The smallest absolute Gasteiger partial charge is 0.247 e. The normalized spacial score (nSPS) is 11.8. The summed E-state index contributed by atoms with van der Waals surface area (Å²) in [6, 6.07) is 52.1. The van der Waals surface area contributed by atoms with E-state index in [-0.39, 0.29) is 0 Å². The quantitative estimate of drug-likeness (QED) is 0.168. The van der Waals surface area contributed by atoms with E-state index in [1.165, 1.54) is 12.1 Å². The number of nitrogens with zero attached hydrogens (tertiary/aromatic N) is 3. The molecule has 2 heterocycles. The highest BCUT2D eigenvalue weighted by Gasteiger charge is 2.31. The molecule has 0 N–H and O–H groups in total. The zero-order valence-corrected chi connectivity index (χ0v) is 28.6. The highest BCUT2D eigenvalue weighted by molar-refractivity contribution is 6.25. The van der Waals surface area contributed by atoms with Crippen molar-refractivity contribution in [2.24, 2.45) is 0 Å². The van der Waals surface area contributed by atoms with Gasteiger partial charge in [0, 0.05) is 32.8 Å². The molecule has 2 aromatic heterocycles. The van der Waals surface area contributed by atoms with Crippen LogP contribution in [-0.2, 0) is 6.18 Å². The highest BCUT2D eigenvalue weighted by atomic mass is 19.4. The zero-order valence-electron chi connectivity index (χ0n) is 28.6. The van der Waals surface area contributed by atoms with Gasteiger partial charge in [0.25, 0.3) is 0 Å². The lowest BCUT2D eigenvalue weighted by atomic mass is 9.88. The van der Waals surface area contributed by atoms with Crippen molar-refractivity contribution < 1.29 is 13.2 Å². The molecule has 3 nitrogen and oxygen atoms in total. The van der Waals surface area contributed by atoms with Crippen LogP contribution >= 0.6 is 0 Å². The number of rotatable bonds is 5. The number of aryl methyl sites for hydroxylation is 1. The van der Waals surface area contributed by atoms with Crippen molar-refractivity contribution in [2.45, 2.75) is 13.1 Å². The largest absolute Gasteiger partial charge is 0.416 e. The Labute approximate surface area is 304 Å². The van der Waals surface area contributed by atoms with Crippen molar-refractivity contribution in [1.82, 2.24) is 15.0 Å². The first-order chi connectivity index (χ1) is 25.8. The van der Waals surface area contributed by atoms with Crippen LogP contribution in [-0.4, -0.2) is 15.0 Å². The van der Waals surface area contributed by atoms with Crippen LogP contribution in [0.25, 0.3) is 88.7 Å². The van der Waals surface area contributed by atoms with Gasteiger partial charge in [-0.05, 0) is 59.0 Å². The third kappa shape index (κ3) is 5.78. The molecule has 0 aliphatic carbocycles. The monoisotopic (exact) mass is 693 g/mol. The Hall–Kier alpha value is -6.66. The maximum atomic E-state index is 14.2. The summed E-state index contributed by atoms with van der Waals surface area (Å²) in [6.07, 6.45) is -4.50. The zero-order chi connectivity index (χ0) is 36.1. The Kier molecular flexibility index (Phi) is 7.81. The van der Waals surface area contributed by atoms with E-state index < -0.39 is 11.7 Å². The van der Waals surface area contributed by atoms with Gasteiger partial charge in [-0.1, -0.05) is 140 Å². The Morgan fingerprint density at radius 2 is 0.962 bits per heavy atom. The summed E-state index contributed by atoms with van der Waals surface area (Å²) in [7, 11) is 0. The first-order valence-electron chi connectivity index (χ1n) is 17.4. The number of pyridine rings is 1. The van der Waals surface area contributed by atoms with E-state index in [2.05, 4.69) is 24.3 Å². The predicted molar refractivity (Wildman–Crippen MR) is 209 cm³/mol. The minimum atomic E-state index is -4.50. The molecule has 0 amide bonds. The van der Waals surface area contributed by atoms with Gasteiger partial charge >= 0.3 is 6.18 Å². The molecule has 0 saturated carbocycles. The average Bonchev–Trinajstić information content (AvgIpc) is 3.20. The Bertz CT molecular complexity index is 2820. The number of fused-ring (bicyclic) bond motifs is 5. The van der Waals surface area contributed by atoms with Gasteiger partial charge in [0.15, 0.2) is 0 Å². The maximum Gasteiger partial charge on any atom is 0.416 e. The summed E-state index contributed by atoms with van der Waals surface area (Å²) in [5.74, 6) is 0. The molecule has 0 radical (unpaired) electrons. The minimum absolute atomic E-state index is 0.460. The highest BCUT2D eigenvalue weighted by Crippen LogP contribution is 2.46. The first-order valence-corrected chi connectivity index (χ1v) is 17.4. The third-order valence-electron chi connectivity index (χ3n) is 9.68. The van der Waals surface area contributed by atoms with Crippen LogP contribution in [0.3, 0.4) is 0 Å². The predicted octanol–water partition coefficient (Wildman–Crippen LogP) is 13.0. The molecular formula is C47H30F3N3. The molecular weight excluding hydrogens is 664 g/mol. The van der Waals surface area contributed by atoms with Crippen molar-refractivity contribution in [3.8, 4) is 56.0 Å². The summed E-state index contributed by atoms with van der Waals surface area (Å²) in [6.45, 7) is 1.69. The van der Waals surface area contributed by atoms with Gasteiger partial charge < -0.3 is 0 Å². The summed E-state index contributed by atoms with van der Waals surface area (Å²) >= 11 is 0. The van der Waals surface area contributed by atoms with Crippen LogP contribution < -0.4 is 0 Å². The Morgan fingerprint density at radius 3 is 1.62 bits per heavy atom. The molecule has 0 unspecified atom stereocenters. The van der Waals surface area contributed by atoms with E-state index in [1.54, 1.807) is 13.0 Å². The van der Waals surface area contributed by atoms with Gasteiger partial charge in [0.2, 0.25) is 0 Å². The maximum absolute atomic E-state index is 14.2. The second kappa shape index (κ2) is 12.8. The number of hydrogen-bond donors (Lipinski definition) is 0. The molecule has 0 saturated heterocycles. The van der Waals surface area contributed by atoms with E-state index in [0.717, 1.165) is 55.3 Å². The van der Waals surface area contributed by atoms with E-state index in [4.69, 9.17) is 15.0 Å². The second-order valence-corrected chi connectivity index (χ2v) is 13.2. The lowest BCUT2D eigenvalue weighted by Gasteiger charge is -2.19. The SMILES string of the molecule is Cc1cc(-c2ccccc2-c2nc3ccccc3c3c(-c4ccccc4)cc4nc(-c5ccccc5)c(-c5ccccc5)nc4c23)cc(C(F)(F)F)c1. The fourth-order valence-electron chi connectivity index (χ4n) is 7.34. The second-order valence-electron chi connectivity index (χ2n) is 13.2. The van der Waals surface area contributed by atoms with E-state index >= 15 is 0 Å². The van der Waals surface area contributed by atoms with Crippen LogP contribution in [0.2, 0.25) is 0 Å². The molecule has 7 aromatic carbocycles. The lowest BCUT2D eigenvalue weighted by Crippen LogP contribution is -2.05. The van der Waals surface area contributed by atoms with E-state index in [9.17, 15) is 13.2 Å². The number of alkyl halides is 3. The molecule has 0 aliphatic heterocycles. The molecule has 254 valence electrons. The Balaban J connectivity index is 1.48. The molecule has 0 spiro atoms. The van der Waals surface area contributed by atoms with Gasteiger partial charge in [-0.2, -0.15) is 13.2 Å². The number of hydrogen-bond acceptors (Lipinski definition) is 3. The van der Waals surface area contributed by atoms with Crippen LogP contribution in [0.5, 0.6) is 0 Å². The molecule has 9 aromatic rings. The summed E-state index contributed by atoms with van der Waals surface area (Å²) in [4.78, 5) is 16.2. The van der Waals surface area contributed by atoms with Crippen LogP contribution in [0.15, 0.2) is 164 Å². The van der Waals surface area contributed by atoms with E-state index in [0.29, 0.717) is 39.0 Å². The van der Waals surface area contributed by atoms with E-state index in [1.807, 2.05) is 121 Å². The summed E-state index contributed by atoms with van der Waals surface area (Å²) in [5, 5.41) is 2.66. The van der Waals surface area contributed by atoms with Crippen LogP contribution in [0.4, 0.5) is 13.2 Å². The van der Waals surface area contributed by atoms with Crippen LogP contribution in [0, 0.1) is 6.92 Å². The Morgan fingerprint density at radius 1 is 0.415 bits per heavy atom. The molecule has 9 rings (SSSR count). The molecule has 53 heavy (non-hydrogen) atoms. The van der Waals surface area contributed by atoms with Gasteiger partial charge in [-0.15, -0.1) is 0 Å². The fourth-order valence-corrected chi connectivity index (χ4v) is 7.34. The fraction of sp³-hybridized carbons (Fsp3) is 0.0426. The number of para-hydroxylation sites is 1. The van der Waals surface area contributed by atoms with Gasteiger partial charge in [0.05, 0.1) is 39.2 Å². The van der Waals surface area contributed by atoms with Crippen molar-refractivity contribution in [2.75, 3.05) is 0 Å². The first kappa shape index (κ1) is 32.3. The average molecular weight is 694 g/mol. The minimum Gasteiger partial charge on any atom is -0.247 e. The van der Waals surface area contributed by atoms with Gasteiger partial charge in [-0.3, -0.25) is 0 Å². The summed E-state index contributed by atoms with van der Waals surface area (Å²) < 4.78 is 42.5. The molecule has 0 fully saturated rings. The molecule has 6 heteroatoms. The topological polar surface area (TPSA) is 38.7 Å². The number of halogens is 3. The molecule has 0 aliphatic rings. The third-order valence-corrected chi connectivity index (χ3v) is 9.68. The van der Waals surface area contributed by atoms with Crippen molar-refractivity contribution >= 4 is 32.7 Å².